The van der Waals surface area contributed by atoms with Crippen LogP contribution in [-0.4, -0.2) is 12.6 Å². The number of hydrogen-bond donors (Lipinski definition) is 2. The summed E-state index contributed by atoms with van der Waals surface area (Å²) in [7, 11) is 0. The molecule has 3 nitrogen and oxygen atoms in total. The normalized spacial score (nSPS) is 12.4. The zero-order valence-electron chi connectivity index (χ0n) is 11.4. The summed E-state index contributed by atoms with van der Waals surface area (Å²) in [6.07, 6.45) is 0. The van der Waals surface area contributed by atoms with E-state index in [1.807, 2.05) is 36.4 Å². The maximum atomic E-state index is 9.15. The van der Waals surface area contributed by atoms with Gasteiger partial charge < -0.3 is 11.1 Å². The molecule has 0 aliphatic carbocycles. The Morgan fingerprint density at radius 1 is 1.16 bits per heavy atom. The van der Waals surface area contributed by atoms with E-state index in [4.69, 9.17) is 11.0 Å². The van der Waals surface area contributed by atoms with Gasteiger partial charge in [0.25, 0.3) is 0 Å². The first-order chi connectivity index (χ1) is 9.17. The number of anilines is 1. The summed E-state index contributed by atoms with van der Waals surface area (Å²) in [5.41, 5.74) is 7.55. The molecule has 2 rings (SSSR count). The van der Waals surface area contributed by atoms with Gasteiger partial charge in [-0.15, -0.1) is 0 Å². The summed E-state index contributed by atoms with van der Waals surface area (Å²) in [6, 6.07) is 14.2. The molecule has 0 heterocycles. The van der Waals surface area contributed by atoms with E-state index in [1.54, 1.807) is 0 Å². The molecule has 0 aliphatic rings. The lowest BCUT2D eigenvalue weighted by Crippen LogP contribution is -2.33. The Morgan fingerprint density at radius 3 is 2.42 bits per heavy atom. The molecule has 0 amide bonds. The highest BCUT2D eigenvalue weighted by atomic mass is 14.9. The van der Waals surface area contributed by atoms with Gasteiger partial charge in [0.15, 0.2) is 0 Å². The fourth-order valence-corrected chi connectivity index (χ4v) is 2.22. The second-order valence-electron chi connectivity index (χ2n) is 5.05. The van der Waals surface area contributed by atoms with Gasteiger partial charge in [-0.25, -0.2) is 0 Å². The monoisotopic (exact) mass is 253 g/mol. The van der Waals surface area contributed by atoms with Crippen LogP contribution < -0.4 is 11.1 Å². The first kappa shape index (κ1) is 13.4. The number of nitriles is 1. The number of fused-ring (bicyclic) bond motifs is 1. The first-order valence-electron chi connectivity index (χ1n) is 6.55. The Kier molecular flexibility index (Phi) is 4.03. The van der Waals surface area contributed by atoms with E-state index in [-0.39, 0.29) is 6.04 Å². The van der Waals surface area contributed by atoms with Crippen molar-refractivity contribution in [1.82, 2.24) is 0 Å². The topological polar surface area (TPSA) is 61.8 Å². The average Bonchev–Trinajstić information content (AvgIpc) is 2.44. The lowest BCUT2D eigenvalue weighted by atomic mass is 10.0. The highest BCUT2D eigenvalue weighted by molar-refractivity contribution is 5.97. The Balaban J connectivity index is 2.48. The first-order valence-corrected chi connectivity index (χ1v) is 6.55. The van der Waals surface area contributed by atoms with Gasteiger partial charge in [-0.05, 0) is 18.1 Å². The third-order valence-corrected chi connectivity index (χ3v) is 3.44. The van der Waals surface area contributed by atoms with Gasteiger partial charge in [-0.3, -0.25) is 0 Å². The van der Waals surface area contributed by atoms with Crippen LogP contribution in [0.2, 0.25) is 0 Å². The number of nitrogens with zero attached hydrogens (tertiary/aromatic N) is 1. The van der Waals surface area contributed by atoms with Crippen LogP contribution in [0.3, 0.4) is 0 Å². The molecule has 0 radical (unpaired) electrons. The Morgan fingerprint density at radius 2 is 1.84 bits per heavy atom. The van der Waals surface area contributed by atoms with Crippen LogP contribution in [0.25, 0.3) is 10.8 Å². The van der Waals surface area contributed by atoms with Gasteiger partial charge in [0, 0.05) is 29.0 Å². The molecule has 3 heteroatoms. The van der Waals surface area contributed by atoms with Crippen molar-refractivity contribution in [1.29, 1.82) is 5.26 Å². The number of hydrogen-bond acceptors (Lipinski definition) is 3. The van der Waals surface area contributed by atoms with E-state index in [0.29, 0.717) is 18.0 Å². The zero-order valence-corrected chi connectivity index (χ0v) is 11.4. The van der Waals surface area contributed by atoms with Crippen molar-refractivity contribution < 1.29 is 0 Å². The maximum absolute atomic E-state index is 9.15. The smallest absolute Gasteiger partial charge is 0.0998 e. The van der Waals surface area contributed by atoms with Crippen molar-refractivity contribution >= 4 is 16.5 Å². The molecule has 0 bridgehead atoms. The van der Waals surface area contributed by atoms with Crippen LogP contribution in [0.5, 0.6) is 0 Å². The molecule has 0 spiro atoms. The lowest BCUT2D eigenvalue weighted by molar-refractivity contribution is 0.532. The van der Waals surface area contributed by atoms with Crippen LogP contribution in [0.1, 0.15) is 19.4 Å². The third kappa shape index (κ3) is 2.69. The largest absolute Gasteiger partial charge is 0.380 e. The summed E-state index contributed by atoms with van der Waals surface area (Å²) in [4.78, 5) is 0. The second-order valence-corrected chi connectivity index (χ2v) is 5.05. The molecule has 2 aromatic rings. The van der Waals surface area contributed by atoms with E-state index in [1.165, 1.54) is 0 Å². The van der Waals surface area contributed by atoms with Crippen LogP contribution >= 0.6 is 0 Å². The molecular formula is C16H19N3. The van der Waals surface area contributed by atoms with E-state index in [2.05, 4.69) is 25.2 Å². The summed E-state index contributed by atoms with van der Waals surface area (Å²) in [5.74, 6) is 0.458. The summed E-state index contributed by atoms with van der Waals surface area (Å²) >= 11 is 0. The summed E-state index contributed by atoms with van der Waals surface area (Å²) in [5, 5.41) is 14.7. The number of nitrogens with one attached hydrogen (secondary N) is 1. The van der Waals surface area contributed by atoms with Crippen molar-refractivity contribution in [3.63, 3.8) is 0 Å². The average molecular weight is 253 g/mol. The van der Waals surface area contributed by atoms with E-state index in [0.717, 1.165) is 16.5 Å². The minimum atomic E-state index is 0.233. The van der Waals surface area contributed by atoms with Gasteiger partial charge in [0.1, 0.15) is 0 Å². The zero-order chi connectivity index (χ0) is 13.8. The van der Waals surface area contributed by atoms with Crippen molar-refractivity contribution in [3.05, 3.63) is 42.0 Å². The van der Waals surface area contributed by atoms with Crippen LogP contribution in [0.4, 0.5) is 5.69 Å². The SMILES string of the molecule is CC(C)C(CN)Nc1ccc(C#N)c2ccccc12. The minimum Gasteiger partial charge on any atom is -0.380 e. The van der Waals surface area contributed by atoms with E-state index < -0.39 is 0 Å². The van der Waals surface area contributed by atoms with Crippen molar-refractivity contribution in [2.75, 3.05) is 11.9 Å². The fraction of sp³-hybridized carbons (Fsp3) is 0.312. The molecular weight excluding hydrogens is 234 g/mol. The minimum absolute atomic E-state index is 0.233. The maximum Gasteiger partial charge on any atom is 0.0998 e. The third-order valence-electron chi connectivity index (χ3n) is 3.44. The Hall–Kier alpha value is -2.05. The van der Waals surface area contributed by atoms with Crippen LogP contribution in [-0.2, 0) is 0 Å². The molecule has 0 fully saturated rings. The predicted octanol–water partition coefficient (Wildman–Crippen LogP) is 3.11. The van der Waals surface area contributed by atoms with Crippen molar-refractivity contribution in [2.45, 2.75) is 19.9 Å². The van der Waals surface area contributed by atoms with Crippen molar-refractivity contribution in [3.8, 4) is 6.07 Å². The van der Waals surface area contributed by atoms with Crippen LogP contribution in [0.15, 0.2) is 36.4 Å². The lowest BCUT2D eigenvalue weighted by Gasteiger charge is -2.23. The molecule has 0 aliphatic heterocycles. The van der Waals surface area contributed by atoms with Gasteiger partial charge in [0.05, 0.1) is 11.6 Å². The summed E-state index contributed by atoms with van der Waals surface area (Å²) in [6.45, 7) is 4.89. The molecule has 0 saturated heterocycles. The summed E-state index contributed by atoms with van der Waals surface area (Å²) < 4.78 is 0. The van der Waals surface area contributed by atoms with Crippen LogP contribution in [0, 0.1) is 17.2 Å². The van der Waals surface area contributed by atoms with Gasteiger partial charge >= 0.3 is 0 Å². The van der Waals surface area contributed by atoms with Gasteiger partial charge in [0.2, 0.25) is 0 Å². The number of benzene rings is 2. The molecule has 98 valence electrons. The quantitative estimate of drug-likeness (QED) is 0.880. The standard InChI is InChI=1S/C16H19N3/c1-11(2)16(10-18)19-15-8-7-12(9-17)13-5-3-4-6-14(13)15/h3-8,11,16,19H,10,18H2,1-2H3. The van der Waals surface area contributed by atoms with Gasteiger partial charge in [-0.2, -0.15) is 5.26 Å². The molecule has 1 atom stereocenters. The molecule has 1 unspecified atom stereocenters. The Labute approximate surface area is 114 Å². The molecule has 19 heavy (non-hydrogen) atoms. The Bertz CT molecular complexity index is 611. The number of nitrogens with two attached hydrogens (primary N) is 1. The number of rotatable bonds is 4. The van der Waals surface area contributed by atoms with Gasteiger partial charge in [-0.1, -0.05) is 38.1 Å². The molecule has 3 N–H and O–H groups in total. The van der Waals surface area contributed by atoms with Crippen molar-refractivity contribution in [2.24, 2.45) is 11.7 Å². The van der Waals surface area contributed by atoms with E-state index in [9.17, 15) is 0 Å². The fourth-order valence-electron chi connectivity index (χ4n) is 2.22. The second kappa shape index (κ2) is 5.73. The highest BCUT2D eigenvalue weighted by Crippen LogP contribution is 2.27. The highest BCUT2D eigenvalue weighted by Gasteiger charge is 2.13. The van der Waals surface area contributed by atoms with E-state index >= 15 is 0 Å². The predicted molar refractivity (Wildman–Crippen MR) is 80.0 cm³/mol. The molecule has 2 aromatic carbocycles. The molecule has 0 saturated carbocycles. The molecule has 0 aromatic heterocycles.